The zero-order chi connectivity index (χ0) is 23.1. The number of carbonyl (C=O) groups is 2. The number of nitrogens with zero attached hydrogens (tertiary/aromatic N) is 1. The standard InChI is InChI=1S/C28H23Cl2NO2/c1-17-7-5-10-20(13-17)31-24-14-19(18-8-3-2-4-9-18)15-25(32)28(24)21(16-26(31)33)27-22(29)11-6-12-23(27)30/h2-13,19,21H,14-16H2,1H3. The summed E-state index contributed by atoms with van der Waals surface area (Å²) in [7, 11) is 0. The van der Waals surface area contributed by atoms with E-state index in [-0.39, 0.29) is 24.0 Å². The van der Waals surface area contributed by atoms with Crippen LogP contribution in [0.3, 0.4) is 0 Å². The highest BCUT2D eigenvalue weighted by molar-refractivity contribution is 6.36. The van der Waals surface area contributed by atoms with Crippen LogP contribution in [0.25, 0.3) is 0 Å². The Morgan fingerprint density at radius 1 is 0.818 bits per heavy atom. The van der Waals surface area contributed by atoms with E-state index in [2.05, 4.69) is 0 Å². The van der Waals surface area contributed by atoms with Gasteiger partial charge in [-0.3, -0.25) is 14.5 Å². The summed E-state index contributed by atoms with van der Waals surface area (Å²) < 4.78 is 0. The Kier molecular flexibility index (Phi) is 5.86. The molecule has 2 aliphatic rings. The van der Waals surface area contributed by atoms with Crippen LogP contribution in [0.4, 0.5) is 5.69 Å². The molecule has 1 heterocycles. The van der Waals surface area contributed by atoms with Crippen molar-refractivity contribution < 1.29 is 9.59 Å². The van der Waals surface area contributed by atoms with E-state index in [1.807, 2.05) is 61.5 Å². The molecule has 2 atom stereocenters. The first-order valence-electron chi connectivity index (χ1n) is 11.1. The topological polar surface area (TPSA) is 37.4 Å². The third kappa shape index (κ3) is 4.01. The largest absolute Gasteiger partial charge is 0.294 e. The number of allylic oxidation sites excluding steroid dienone is 2. The van der Waals surface area contributed by atoms with Gasteiger partial charge in [-0.1, -0.05) is 71.7 Å². The highest BCUT2D eigenvalue weighted by Crippen LogP contribution is 2.49. The van der Waals surface area contributed by atoms with Crippen molar-refractivity contribution in [2.75, 3.05) is 4.90 Å². The maximum Gasteiger partial charge on any atom is 0.232 e. The van der Waals surface area contributed by atoms with Gasteiger partial charge in [0.2, 0.25) is 5.91 Å². The van der Waals surface area contributed by atoms with Gasteiger partial charge < -0.3 is 0 Å². The molecule has 2 unspecified atom stereocenters. The van der Waals surface area contributed by atoms with Crippen molar-refractivity contribution in [1.82, 2.24) is 0 Å². The van der Waals surface area contributed by atoms with Crippen LogP contribution in [0.15, 0.2) is 84.1 Å². The second-order valence-corrected chi connectivity index (χ2v) is 9.57. The minimum Gasteiger partial charge on any atom is -0.294 e. The number of hydrogen-bond acceptors (Lipinski definition) is 2. The van der Waals surface area contributed by atoms with Gasteiger partial charge in [0, 0.05) is 45.8 Å². The molecule has 0 spiro atoms. The number of aryl methyl sites for hydroxylation is 1. The van der Waals surface area contributed by atoms with E-state index in [0.29, 0.717) is 34.0 Å². The molecule has 0 N–H and O–H groups in total. The Hall–Kier alpha value is -2.88. The Morgan fingerprint density at radius 3 is 2.21 bits per heavy atom. The summed E-state index contributed by atoms with van der Waals surface area (Å²) in [5.74, 6) is -0.435. The van der Waals surface area contributed by atoms with E-state index in [1.54, 1.807) is 23.1 Å². The lowest BCUT2D eigenvalue weighted by Gasteiger charge is -2.41. The van der Waals surface area contributed by atoms with E-state index < -0.39 is 5.92 Å². The number of Topliss-reactive ketones (excluding diaryl/α,β-unsaturated/α-hetero) is 1. The lowest BCUT2D eigenvalue weighted by molar-refractivity contribution is -0.120. The minimum absolute atomic E-state index is 0.0121. The number of rotatable bonds is 3. The fourth-order valence-corrected chi connectivity index (χ4v) is 5.81. The SMILES string of the molecule is Cc1cccc(N2C(=O)CC(c3c(Cl)cccc3Cl)C3=C2CC(c2ccccc2)CC3=O)c1. The van der Waals surface area contributed by atoms with Gasteiger partial charge in [0.1, 0.15) is 0 Å². The molecular formula is C28H23Cl2NO2. The van der Waals surface area contributed by atoms with Gasteiger partial charge in [-0.05, 0) is 60.2 Å². The van der Waals surface area contributed by atoms with E-state index in [4.69, 9.17) is 23.2 Å². The molecule has 0 fully saturated rings. The van der Waals surface area contributed by atoms with Crippen molar-refractivity contribution in [1.29, 1.82) is 0 Å². The summed E-state index contributed by atoms with van der Waals surface area (Å²) in [6, 6.07) is 23.2. The summed E-state index contributed by atoms with van der Waals surface area (Å²) in [5, 5.41) is 0.961. The molecule has 166 valence electrons. The fourth-order valence-electron chi connectivity index (χ4n) is 5.15. The molecule has 0 aromatic heterocycles. The highest BCUT2D eigenvalue weighted by Gasteiger charge is 2.43. The maximum absolute atomic E-state index is 13.7. The van der Waals surface area contributed by atoms with E-state index in [0.717, 1.165) is 22.5 Å². The van der Waals surface area contributed by atoms with Crippen LogP contribution >= 0.6 is 23.2 Å². The van der Waals surface area contributed by atoms with Crippen molar-refractivity contribution >= 4 is 40.6 Å². The normalized spacial score (nSPS) is 20.8. The monoisotopic (exact) mass is 475 g/mol. The molecule has 0 radical (unpaired) electrons. The van der Waals surface area contributed by atoms with E-state index >= 15 is 0 Å². The molecule has 33 heavy (non-hydrogen) atoms. The van der Waals surface area contributed by atoms with Crippen molar-refractivity contribution in [3.05, 3.63) is 111 Å². The first-order valence-corrected chi connectivity index (χ1v) is 11.8. The number of carbonyl (C=O) groups excluding carboxylic acids is 2. The van der Waals surface area contributed by atoms with Gasteiger partial charge in [-0.15, -0.1) is 0 Å². The predicted octanol–water partition coefficient (Wildman–Crippen LogP) is 7.22. The lowest BCUT2D eigenvalue weighted by atomic mass is 9.72. The molecular weight excluding hydrogens is 453 g/mol. The molecule has 1 amide bonds. The second-order valence-electron chi connectivity index (χ2n) is 8.76. The quantitative estimate of drug-likeness (QED) is 0.400. The minimum atomic E-state index is -0.445. The first-order chi connectivity index (χ1) is 15.9. The van der Waals surface area contributed by atoms with Crippen LogP contribution in [0.2, 0.25) is 10.0 Å². The van der Waals surface area contributed by atoms with Crippen LogP contribution in [-0.2, 0) is 9.59 Å². The molecule has 0 bridgehead atoms. The highest BCUT2D eigenvalue weighted by atomic mass is 35.5. The Bertz CT molecular complexity index is 1260. The van der Waals surface area contributed by atoms with Crippen LogP contribution in [0.1, 0.15) is 47.8 Å². The first kappa shape index (κ1) is 21.9. The number of amides is 1. The molecule has 3 nitrogen and oxygen atoms in total. The molecule has 1 aliphatic carbocycles. The summed E-state index contributed by atoms with van der Waals surface area (Å²) >= 11 is 13.1. The predicted molar refractivity (Wildman–Crippen MR) is 133 cm³/mol. The molecule has 5 rings (SSSR count). The van der Waals surface area contributed by atoms with Gasteiger partial charge in [0.25, 0.3) is 0 Å². The summed E-state index contributed by atoms with van der Waals surface area (Å²) in [5.41, 5.74) is 5.04. The van der Waals surface area contributed by atoms with Crippen LogP contribution in [0.5, 0.6) is 0 Å². The van der Waals surface area contributed by atoms with Crippen molar-refractivity contribution in [3.8, 4) is 0 Å². The molecule has 3 aromatic carbocycles. The Morgan fingerprint density at radius 2 is 1.52 bits per heavy atom. The second kappa shape index (κ2) is 8.81. The van der Waals surface area contributed by atoms with Gasteiger partial charge in [-0.2, -0.15) is 0 Å². The van der Waals surface area contributed by atoms with Crippen LogP contribution in [-0.4, -0.2) is 11.7 Å². The molecule has 1 aliphatic heterocycles. The molecule has 0 saturated carbocycles. The van der Waals surface area contributed by atoms with Crippen molar-refractivity contribution in [3.63, 3.8) is 0 Å². The number of hydrogen-bond donors (Lipinski definition) is 0. The fraction of sp³-hybridized carbons (Fsp3) is 0.214. The third-order valence-corrected chi connectivity index (χ3v) is 7.27. The average molecular weight is 476 g/mol. The van der Waals surface area contributed by atoms with Gasteiger partial charge in [-0.25, -0.2) is 0 Å². The number of anilines is 1. The Balaban J connectivity index is 1.70. The zero-order valence-corrected chi connectivity index (χ0v) is 19.7. The van der Waals surface area contributed by atoms with Gasteiger partial charge in [0.05, 0.1) is 0 Å². The van der Waals surface area contributed by atoms with Crippen LogP contribution < -0.4 is 4.90 Å². The number of ketones is 1. The lowest BCUT2D eigenvalue weighted by Crippen LogP contribution is -2.42. The number of halogens is 2. The Labute approximate surface area is 203 Å². The van der Waals surface area contributed by atoms with Crippen LogP contribution in [0, 0.1) is 6.92 Å². The maximum atomic E-state index is 13.7. The molecule has 3 aromatic rings. The average Bonchev–Trinajstić information content (AvgIpc) is 2.79. The zero-order valence-electron chi connectivity index (χ0n) is 18.2. The van der Waals surface area contributed by atoms with Crippen molar-refractivity contribution in [2.24, 2.45) is 0 Å². The van der Waals surface area contributed by atoms with Gasteiger partial charge in [0.15, 0.2) is 5.78 Å². The third-order valence-electron chi connectivity index (χ3n) is 6.61. The molecule has 0 saturated heterocycles. The van der Waals surface area contributed by atoms with Gasteiger partial charge >= 0.3 is 0 Å². The summed E-state index contributed by atoms with van der Waals surface area (Å²) in [6.45, 7) is 2.00. The van der Waals surface area contributed by atoms with E-state index in [9.17, 15) is 9.59 Å². The van der Waals surface area contributed by atoms with Crippen molar-refractivity contribution in [2.45, 2.75) is 38.0 Å². The number of benzene rings is 3. The summed E-state index contributed by atoms with van der Waals surface area (Å²) in [4.78, 5) is 29.0. The summed E-state index contributed by atoms with van der Waals surface area (Å²) in [6.07, 6.45) is 1.15. The molecule has 5 heteroatoms. The van der Waals surface area contributed by atoms with E-state index in [1.165, 1.54) is 0 Å². The smallest absolute Gasteiger partial charge is 0.232 e.